The highest BCUT2D eigenvalue weighted by Gasteiger charge is 2.67. The lowest BCUT2D eigenvalue weighted by Crippen LogP contribution is -2.42. The van der Waals surface area contributed by atoms with Gasteiger partial charge in [-0.1, -0.05) is 0 Å². The quantitative estimate of drug-likeness (QED) is 0.572. The molecule has 1 heterocycles. The molecule has 1 atom stereocenters. The maximum atomic E-state index is 12.4. The molecule has 1 unspecified atom stereocenters. The van der Waals surface area contributed by atoms with Crippen molar-refractivity contribution in [3.8, 4) is 0 Å². The van der Waals surface area contributed by atoms with Crippen LogP contribution in [0.1, 0.15) is 0 Å². The van der Waals surface area contributed by atoms with E-state index in [-0.39, 0.29) is 0 Å². The van der Waals surface area contributed by atoms with Gasteiger partial charge in [-0.25, -0.2) is 0 Å². The van der Waals surface area contributed by atoms with Crippen molar-refractivity contribution in [2.45, 2.75) is 12.2 Å². The van der Waals surface area contributed by atoms with E-state index in [2.05, 4.69) is 21.1 Å². The van der Waals surface area contributed by atoms with Crippen molar-refractivity contribution in [3.05, 3.63) is 11.2 Å². The SMILES string of the molecule is FC1=C(Cl)OC(F)(C(F)(F)F)O1. The predicted octanol–water partition coefficient (Wildman–Crippen LogP) is 2.55. The van der Waals surface area contributed by atoms with Crippen LogP contribution in [0, 0.1) is 0 Å². The van der Waals surface area contributed by atoms with Gasteiger partial charge in [-0.15, -0.1) is 4.39 Å². The highest BCUT2D eigenvalue weighted by Crippen LogP contribution is 2.45. The van der Waals surface area contributed by atoms with Crippen molar-refractivity contribution in [1.29, 1.82) is 0 Å². The third-order valence-corrected chi connectivity index (χ3v) is 1.16. The first-order valence-electron chi connectivity index (χ1n) is 2.45. The molecule has 0 aromatic carbocycles. The van der Waals surface area contributed by atoms with Gasteiger partial charge >= 0.3 is 18.2 Å². The van der Waals surface area contributed by atoms with Gasteiger partial charge in [-0.2, -0.15) is 17.6 Å². The van der Waals surface area contributed by atoms with Gasteiger partial charge in [0, 0.05) is 0 Å². The summed E-state index contributed by atoms with van der Waals surface area (Å²) in [6.45, 7) is 0. The summed E-state index contributed by atoms with van der Waals surface area (Å²) in [5.74, 6) is 0. The summed E-state index contributed by atoms with van der Waals surface area (Å²) in [5, 5.41) is -1.39. The molecule has 0 N–H and O–H groups in total. The van der Waals surface area contributed by atoms with Crippen LogP contribution in [0.3, 0.4) is 0 Å². The van der Waals surface area contributed by atoms with Gasteiger partial charge in [0.1, 0.15) is 0 Å². The van der Waals surface area contributed by atoms with E-state index in [1.165, 1.54) is 0 Å². The zero-order valence-corrected chi connectivity index (χ0v) is 5.84. The Morgan fingerprint density at radius 2 is 1.75 bits per heavy atom. The topological polar surface area (TPSA) is 18.5 Å². The Labute approximate surface area is 67.5 Å². The second kappa shape index (κ2) is 2.38. The molecule has 8 heteroatoms. The molecule has 0 saturated heterocycles. The van der Waals surface area contributed by atoms with E-state index in [1.54, 1.807) is 0 Å². The molecule has 0 amide bonds. The van der Waals surface area contributed by atoms with E-state index in [1.807, 2.05) is 0 Å². The van der Waals surface area contributed by atoms with Gasteiger partial charge in [-0.3, -0.25) is 0 Å². The van der Waals surface area contributed by atoms with Crippen LogP contribution in [0.25, 0.3) is 0 Å². The van der Waals surface area contributed by atoms with Gasteiger partial charge in [0.2, 0.25) is 0 Å². The van der Waals surface area contributed by atoms with Gasteiger partial charge in [-0.05, 0) is 11.6 Å². The molecular weight excluding hydrogens is 210 g/mol. The monoisotopic (exact) mass is 210 g/mol. The van der Waals surface area contributed by atoms with Crippen molar-refractivity contribution in [2.24, 2.45) is 0 Å². The van der Waals surface area contributed by atoms with Crippen LogP contribution < -0.4 is 0 Å². The molecule has 1 aliphatic heterocycles. The molecular formula is C4ClF5O2. The minimum absolute atomic E-state index is 1.39. The second-order valence-corrected chi connectivity index (χ2v) is 2.13. The molecule has 0 bridgehead atoms. The van der Waals surface area contributed by atoms with Gasteiger partial charge < -0.3 is 9.47 Å². The molecule has 0 saturated carbocycles. The summed E-state index contributed by atoms with van der Waals surface area (Å²) in [4.78, 5) is 0. The Hall–Kier alpha value is -0.720. The average Bonchev–Trinajstić information content (AvgIpc) is 2.06. The average molecular weight is 210 g/mol. The van der Waals surface area contributed by atoms with E-state index in [4.69, 9.17) is 0 Å². The van der Waals surface area contributed by atoms with Crippen LogP contribution in [0.5, 0.6) is 0 Å². The van der Waals surface area contributed by atoms with Crippen LogP contribution in [0.4, 0.5) is 22.0 Å². The van der Waals surface area contributed by atoms with Crippen LogP contribution in [-0.4, -0.2) is 12.2 Å². The second-order valence-electron chi connectivity index (χ2n) is 1.79. The molecule has 2 nitrogen and oxygen atoms in total. The zero-order chi connectivity index (χ0) is 9.57. The fraction of sp³-hybridized carbons (Fsp3) is 0.500. The van der Waals surface area contributed by atoms with E-state index >= 15 is 0 Å². The minimum Gasteiger partial charge on any atom is -0.402 e. The number of alkyl halides is 4. The number of hydrogen-bond acceptors (Lipinski definition) is 2. The molecule has 0 fully saturated rings. The summed E-state index contributed by atoms with van der Waals surface area (Å²) < 4.78 is 65.6. The van der Waals surface area contributed by atoms with Crippen LogP contribution in [0.15, 0.2) is 11.2 Å². The Morgan fingerprint density at radius 3 is 1.92 bits per heavy atom. The number of hydrogen-bond donors (Lipinski definition) is 0. The fourth-order valence-electron chi connectivity index (χ4n) is 0.447. The molecule has 0 spiro atoms. The van der Waals surface area contributed by atoms with Crippen LogP contribution in [0.2, 0.25) is 0 Å². The lowest BCUT2D eigenvalue weighted by atomic mass is 10.6. The summed E-state index contributed by atoms with van der Waals surface area (Å²) in [6.07, 6.45) is -5.50. The number of rotatable bonds is 0. The molecule has 70 valence electrons. The van der Waals surface area contributed by atoms with Gasteiger partial charge in [0.15, 0.2) is 0 Å². The van der Waals surface area contributed by atoms with Crippen molar-refractivity contribution < 1.29 is 31.4 Å². The number of halogens is 6. The maximum absolute atomic E-state index is 12.4. The van der Waals surface area contributed by atoms with E-state index in [9.17, 15) is 22.0 Å². The summed E-state index contributed by atoms with van der Waals surface area (Å²) >= 11 is 4.67. The minimum atomic E-state index is -5.50. The van der Waals surface area contributed by atoms with E-state index in [0.717, 1.165) is 0 Å². The molecule has 12 heavy (non-hydrogen) atoms. The highest BCUT2D eigenvalue weighted by molar-refractivity contribution is 6.28. The summed E-state index contributed by atoms with van der Waals surface area (Å²) in [6, 6.07) is -6.44. The first-order chi connectivity index (χ1) is 5.26. The standard InChI is InChI=1S/C4ClF5O2/c5-1-2(6)12-4(10,11-1)3(7,8)9. The molecule has 0 aromatic rings. The van der Waals surface area contributed by atoms with Crippen molar-refractivity contribution >= 4 is 11.6 Å². The highest BCUT2D eigenvalue weighted by atomic mass is 35.5. The molecule has 1 rings (SSSR count). The molecule has 0 aliphatic carbocycles. The zero-order valence-electron chi connectivity index (χ0n) is 5.08. The van der Waals surface area contributed by atoms with Crippen molar-refractivity contribution in [1.82, 2.24) is 0 Å². The Morgan fingerprint density at radius 1 is 1.25 bits per heavy atom. The first kappa shape index (κ1) is 9.37. The lowest BCUT2D eigenvalue weighted by Gasteiger charge is -2.19. The Kier molecular flexibility index (Phi) is 1.86. The normalized spacial score (nSPS) is 30.2. The van der Waals surface area contributed by atoms with Crippen LogP contribution >= 0.6 is 11.6 Å². The third kappa shape index (κ3) is 1.28. The smallest absolute Gasteiger partial charge is 0.402 e. The van der Waals surface area contributed by atoms with Crippen molar-refractivity contribution in [2.75, 3.05) is 0 Å². The largest absolute Gasteiger partial charge is 0.512 e. The Bertz CT molecular complexity index is 220. The van der Waals surface area contributed by atoms with Crippen LogP contribution in [-0.2, 0) is 9.47 Å². The molecule has 0 aromatic heterocycles. The first-order valence-corrected chi connectivity index (χ1v) is 2.83. The summed E-state index contributed by atoms with van der Waals surface area (Å²) in [7, 11) is 0. The summed E-state index contributed by atoms with van der Waals surface area (Å²) in [5.41, 5.74) is 0. The van der Waals surface area contributed by atoms with E-state index in [0.29, 0.717) is 0 Å². The number of ether oxygens (including phenoxy) is 2. The lowest BCUT2D eigenvalue weighted by molar-refractivity contribution is -0.402. The molecule has 1 aliphatic rings. The van der Waals surface area contributed by atoms with Gasteiger partial charge in [0.05, 0.1) is 0 Å². The molecule has 0 radical (unpaired) electrons. The van der Waals surface area contributed by atoms with Crippen molar-refractivity contribution in [3.63, 3.8) is 0 Å². The maximum Gasteiger partial charge on any atom is 0.512 e. The van der Waals surface area contributed by atoms with Gasteiger partial charge in [0.25, 0.3) is 5.22 Å². The van der Waals surface area contributed by atoms with E-state index < -0.39 is 23.4 Å². The predicted molar refractivity (Wildman–Crippen MR) is 26.1 cm³/mol. The third-order valence-electron chi connectivity index (χ3n) is 0.935. The Balaban J connectivity index is 2.84. The fourth-order valence-corrected chi connectivity index (χ4v) is 0.585.